The monoisotopic (exact) mass is 277 g/mol. The van der Waals surface area contributed by atoms with Gasteiger partial charge in [-0.1, -0.05) is 25.8 Å². The van der Waals surface area contributed by atoms with Gasteiger partial charge < -0.3 is 14.4 Å². The predicted molar refractivity (Wildman–Crippen MR) is 82.9 cm³/mol. The van der Waals surface area contributed by atoms with Crippen molar-refractivity contribution in [1.82, 2.24) is 4.90 Å². The highest BCUT2D eigenvalue weighted by Gasteiger charge is 2.24. The van der Waals surface area contributed by atoms with E-state index in [1.807, 2.05) is 6.07 Å². The summed E-state index contributed by atoms with van der Waals surface area (Å²) < 4.78 is 10.7. The van der Waals surface area contributed by atoms with E-state index in [-0.39, 0.29) is 0 Å². The smallest absolute Gasteiger partial charge is 0.160 e. The molecule has 1 aromatic rings. The highest BCUT2D eigenvalue weighted by Crippen LogP contribution is 2.34. The Kier molecular flexibility index (Phi) is 5.72. The number of hydrogen-bond acceptors (Lipinski definition) is 3. The van der Waals surface area contributed by atoms with Crippen molar-refractivity contribution in [1.29, 1.82) is 0 Å². The molecule has 3 heteroatoms. The Morgan fingerprint density at radius 2 is 1.95 bits per heavy atom. The molecule has 1 fully saturated rings. The third kappa shape index (κ3) is 3.66. The first kappa shape index (κ1) is 15.2. The number of nitrogens with zero attached hydrogens (tertiary/aromatic N) is 1. The topological polar surface area (TPSA) is 21.7 Å². The average molecular weight is 277 g/mol. The lowest BCUT2D eigenvalue weighted by Crippen LogP contribution is -2.21. The molecule has 0 radical (unpaired) electrons. The molecule has 1 unspecified atom stereocenters. The van der Waals surface area contributed by atoms with Crippen molar-refractivity contribution in [2.24, 2.45) is 0 Å². The van der Waals surface area contributed by atoms with Gasteiger partial charge in [0.1, 0.15) is 0 Å². The minimum atomic E-state index is 0.636. The fourth-order valence-electron chi connectivity index (χ4n) is 3.00. The van der Waals surface area contributed by atoms with Gasteiger partial charge in [-0.2, -0.15) is 0 Å². The SMILES string of the molecule is CCCCCN1CCC(c2ccc(OC)c(OC)c2)C1. The average Bonchev–Trinajstić information content (AvgIpc) is 2.95. The van der Waals surface area contributed by atoms with E-state index in [9.17, 15) is 0 Å². The van der Waals surface area contributed by atoms with Crippen LogP contribution in [0.3, 0.4) is 0 Å². The summed E-state index contributed by atoms with van der Waals surface area (Å²) in [5.41, 5.74) is 1.38. The lowest BCUT2D eigenvalue weighted by molar-refractivity contribution is 0.325. The maximum Gasteiger partial charge on any atom is 0.160 e. The van der Waals surface area contributed by atoms with Gasteiger partial charge in [0.05, 0.1) is 14.2 Å². The van der Waals surface area contributed by atoms with Crippen LogP contribution in [0.4, 0.5) is 0 Å². The first-order valence-corrected chi connectivity index (χ1v) is 7.72. The fourth-order valence-corrected chi connectivity index (χ4v) is 3.00. The van der Waals surface area contributed by atoms with Crippen molar-refractivity contribution in [3.63, 3.8) is 0 Å². The molecule has 1 aliphatic rings. The third-order valence-electron chi connectivity index (χ3n) is 4.23. The molecule has 2 rings (SSSR count). The summed E-state index contributed by atoms with van der Waals surface area (Å²) in [6, 6.07) is 6.34. The highest BCUT2D eigenvalue weighted by molar-refractivity contribution is 5.44. The van der Waals surface area contributed by atoms with Gasteiger partial charge in [0.25, 0.3) is 0 Å². The minimum Gasteiger partial charge on any atom is -0.493 e. The summed E-state index contributed by atoms with van der Waals surface area (Å²) in [6.45, 7) is 5.91. The van der Waals surface area contributed by atoms with Crippen LogP contribution in [-0.2, 0) is 0 Å². The van der Waals surface area contributed by atoms with Crippen LogP contribution >= 0.6 is 0 Å². The number of ether oxygens (including phenoxy) is 2. The second kappa shape index (κ2) is 7.53. The molecule has 0 spiro atoms. The number of unbranched alkanes of at least 4 members (excludes halogenated alkanes) is 2. The normalized spacial score (nSPS) is 19.2. The van der Waals surface area contributed by atoms with Crippen molar-refractivity contribution in [2.75, 3.05) is 33.9 Å². The van der Waals surface area contributed by atoms with E-state index in [1.165, 1.54) is 50.9 Å². The van der Waals surface area contributed by atoms with Gasteiger partial charge in [0.2, 0.25) is 0 Å². The summed E-state index contributed by atoms with van der Waals surface area (Å²) in [4.78, 5) is 2.59. The Balaban J connectivity index is 1.95. The van der Waals surface area contributed by atoms with Gasteiger partial charge in [-0.05, 0) is 49.5 Å². The number of benzene rings is 1. The molecular weight excluding hydrogens is 250 g/mol. The first-order valence-electron chi connectivity index (χ1n) is 7.72. The number of hydrogen-bond donors (Lipinski definition) is 0. The van der Waals surface area contributed by atoms with Crippen LogP contribution < -0.4 is 9.47 Å². The number of methoxy groups -OCH3 is 2. The second-order valence-electron chi connectivity index (χ2n) is 5.61. The van der Waals surface area contributed by atoms with E-state index < -0.39 is 0 Å². The summed E-state index contributed by atoms with van der Waals surface area (Å²) in [5, 5.41) is 0. The standard InChI is InChI=1S/C17H27NO2/c1-4-5-6-10-18-11-9-15(13-18)14-7-8-16(19-2)17(12-14)20-3/h7-8,12,15H,4-6,9-11,13H2,1-3H3. The van der Waals surface area contributed by atoms with E-state index >= 15 is 0 Å². The molecule has 1 aromatic carbocycles. The zero-order valence-corrected chi connectivity index (χ0v) is 13.0. The Morgan fingerprint density at radius 3 is 2.65 bits per heavy atom. The van der Waals surface area contributed by atoms with Crippen molar-refractivity contribution >= 4 is 0 Å². The van der Waals surface area contributed by atoms with Crippen molar-refractivity contribution in [3.05, 3.63) is 23.8 Å². The molecule has 0 saturated carbocycles. The molecule has 1 aliphatic heterocycles. The fraction of sp³-hybridized carbons (Fsp3) is 0.647. The van der Waals surface area contributed by atoms with Crippen molar-refractivity contribution < 1.29 is 9.47 Å². The quantitative estimate of drug-likeness (QED) is 0.710. The summed E-state index contributed by atoms with van der Waals surface area (Å²) in [6.07, 6.45) is 5.22. The number of likely N-dealkylation sites (tertiary alicyclic amines) is 1. The maximum atomic E-state index is 5.40. The van der Waals surface area contributed by atoms with Crippen LogP contribution in [0.1, 0.15) is 44.1 Å². The van der Waals surface area contributed by atoms with Crippen LogP contribution in [-0.4, -0.2) is 38.8 Å². The van der Waals surface area contributed by atoms with Crippen molar-refractivity contribution in [2.45, 2.75) is 38.5 Å². The van der Waals surface area contributed by atoms with E-state index in [1.54, 1.807) is 14.2 Å². The van der Waals surface area contributed by atoms with Gasteiger partial charge in [-0.15, -0.1) is 0 Å². The lowest BCUT2D eigenvalue weighted by Gasteiger charge is -2.17. The third-order valence-corrected chi connectivity index (χ3v) is 4.23. The highest BCUT2D eigenvalue weighted by atomic mass is 16.5. The van der Waals surface area contributed by atoms with Gasteiger partial charge >= 0.3 is 0 Å². The molecule has 1 saturated heterocycles. The van der Waals surface area contributed by atoms with Crippen LogP contribution in [0.15, 0.2) is 18.2 Å². The van der Waals surface area contributed by atoms with E-state index in [4.69, 9.17) is 9.47 Å². The van der Waals surface area contributed by atoms with Crippen LogP contribution in [0, 0.1) is 0 Å². The van der Waals surface area contributed by atoms with Crippen LogP contribution in [0.2, 0.25) is 0 Å². The van der Waals surface area contributed by atoms with Crippen molar-refractivity contribution in [3.8, 4) is 11.5 Å². The van der Waals surface area contributed by atoms with Crippen LogP contribution in [0.25, 0.3) is 0 Å². The molecule has 0 N–H and O–H groups in total. The molecule has 20 heavy (non-hydrogen) atoms. The van der Waals surface area contributed by atoms with Gasteiger partial charge in [-0.25, -0.2) is 0 Å². The predicted octanol–water partition coefficient (Wildman–Crippen LogP) is 3.68. The Bertz CT molecular complexity index is 419. The largest absolute Gasteiger partial charge is 0.493 e. The molecular formula is C17H27NO2. The number of rotatable bonds is 7. The Labute approximate surface area is 122 Å². The first-order chi connectivity index (χ1) is 9.78. The summed E-state index contributed by atoms with van der Waals surface area (Å²) in [7, 11) is 3.38. The molecule has 0 aliphatic carbocycles. The molecule has 3 nitrogen and oxygen atoms in total. The molecule has 0 aromatic heterocycles. The second-order valence-corrected chi connectivity index (χ2v) is 5.61. The minimum absolute atomic E-state index is 0.636. The molecule has 0 amide bonds. The zero-order valence-electron chi connectivity index (χ0n) is 13.0. The van der Waals surface area contributed by atoms with Gasteiger partial charge in [0, 0.05) is 6.54 Å². The molecule has 0 bridgehead atoms. The summed E-state index contributed by atoms with van der Waals surface area (Å²) in [5.74, 6) is 2.29. The van der Waals surface area contributed by atoms with E-state index in [0.717, 1.165) is 11.5 Å². The van der Waals surface area contributed by atoms with E-state index in [0.29, 0.717) is 5.92 Å². The Hall–Kier alpha value is -1.22. The molecule has 112 valence electrons. The zero-order chi connectivity index (χ0) is 14.4. The van der Waals surface area contributed by atoms with Gasteiger partial charge in [0.15, 0.2) is 11.5 Å². The van der Waals surface area contributed by atoms with Gasteiger partial charge in [-0.3, -0.25) is 0 Å². The lowest BCUT2D eigenvalue weighted by atomic mass is 9.98. The van der Waals surface area contributed by atoms with Crippen LogP contribution in [0.5, 0.6) is 11.5 Å². The Morgan fingerprint density at radius 1 is 1.15 bits per heavy atom. The maximum absolute atomic E-state index is 5.40. The molecule has 1 atom stereocenters. The molecule has 1 heterocycles. The van der Waals surface area contributed by atoms with E-state index in [2.05, 4.69) is 24.0 Å². The summed E-state index contributed by atoms with van der Waals surface area (Å²) >= 11 is 0.